The van der Waals surface area contributed by atoms with Gasteiger partial charge in [-0.2, -0.15) is 0 Å². The summed E-state index contributed by atoms with van der Waals surface area (Å²) in [6.45, 7) is 1.12. The number of hydrogen-bond donors (Lipinski definition) is 1. The van der Waals surface area contributed by atoms with Gasteiger partial charge < -0.3 is 5.32 Å². The van der Waals surface area contributed by atoms with E-state index >= 15 is 0 Å². The summed E-state index contributed by atoms with van der Waals surface area (Å²) in [4.78, 5) is 0. The van der Waals surface area contributed by atoms with Crippen LogP contribution in [0.3, 0.4) is 0 Å². The van der Waals surface area contributed by atoms with Crippen molar-refractivity contribution in [2.24, 2.45) is 0 Å². The van der Waals surface area contributed by atoms with Crippen LogP contribution in [0.5, 0.6) is 0 Å². The molecule has 3 rings (SSSR count). The average Bonchev–Trinajstić information content (AvgIpc) is 3.06. The number of hydrogen-bond acceptors (Lipinski definition) is 1. The molecule has 1 aromatic rings. The topological polar surface area (TPSA) is 12.0 Å². The third-order valence-corrected chi connectivity index (χ3v) is 4.48. The minimum atomic E-state index is 0.309. The van der Waals surface area contributed by atoms with Gasteiger partial charge in [-0.05, 0) is 43.4 Å². The third kappa shape index (κ3) is 2.48. The van der Waals surface area contributed by atoms with Crippen LogP contribution in [0.15, 0.2) is 40.9 Å². The highest BCUT2D eigenvalue weighted by Gasteiger charge is 2.34. The zero-order chi connectivity index (χ0) is 11.7. The van der Waals surface area contributed by atoms with E-state index in [1.807, 2.05) is 0 Å². The monoisotopic (exact) mass is 291 g/mol. The lowest BCUT2D eigenvalue weighted by Gasteiger charge is -2.30. The summed E-state index contributed by atoms with van der Waals surface area (Å²) in [6, 6.07) is 9.65. The van der Waals surface area contributed by atoms with Crippen molar-refractivity contribution in [2.45, 2.75) is 37.1 Å². The normalized spacial score (nSPS) is 21.9. The number of benzene rings is 1. The summed E-state index contributed by atoms with van der Waals surface area (Å²) < 4.78 is 1.16. The van der Waals surface area contributed by atoms with E-state index < -0.39 is 0 Å². The first kappa shape index (κ1) is 11.5. The van der Waals surface area contributed by atoms with Crippen molar-refractivity contribution in [1.29, 1.82) is 0 Å². The number of halogens is 1. The van der Waals surface area contributed by atoms with Gasteiger partial charge in [0.25, 0.3) is 0 Å². The first-order valence-electron chi connectivity index (χ1n) is 6.43. The highest BCUT2D eigenvalue weighted by Crippen LogP contribution is 2.37. The molecule has 0 spiro atoms. The second kappa shape index (κ2) is 4.58. The molecule has 1 fully saturated rings. The first-order chi connectivity index (χ1) is 8.28. The molecular weight excluding hydrogens is 274 g/mol. The van der Waals surface area contributed by atoms with Crippen LogP contribution in [0.2, 0.25) is 0 Å². The molecule has 0 aromatic heterocycles. The molecule has 0 amide bonds. The minimum Gasteiger partial charge on any atom is -0.313 e. The largest absolute Gasteiger partial charge is 0.313 e. The number of rotatable bonds is 4. The van der Waals surface area contributed by atoms with Crippen LogP contribution >= 0.6 is 15.9 Å². The lowest BCUT2D eigenvalue weighted by atomic mass is 9.78. The second-order valence-corrected chi connectivity index (χ2v) is 6.24. The fourth-order valence-corrected chi connectivity index (χ4v) is 2.88. The lowest BCUT2D eigenvalue weighted by Crippen LogP contribution is -2.37. The molecule has 0 saturated heterocycles. The molecule has 0 atom stereocenters. The molecular formula is C15H18BrN. The molecule has 2 aliphatic carbocycles. The summed E-state index contributed by atoms with van der Waals surface area (Å²) in [5.41, 5.74) is 1.78. The van der Waals surface area contributed by atoms with Gasteiger partial charge in [0.05, 0.1) is 0 Å². The van der Waals surface area contributed by atoms with Gasteiger partial charge in [-0.25, -0.2) is 0 Å². The maximum Gasteiger partial charge on any atom is 0.0175 e. The van der Waals surface area contributed by atoms with E-state index in [2.05, 4.69) is 57.7 Å². The highest BCUT2D eigenvalue weighted by atomic mass is 79.9. The highest BCUT2D eigenvalue weighted by molar-refractivity contribution is 9.10. The van der Waals surface area contributed by atoms with Crippen molar-refractivity contribution in [1.82, 2.24) is 5.32 Å². The predicted octanol–water partition coefficient (Wildman–Crippen LogP) is 3.79. The zero-order valence-corrected chi connectivity index (χ0v) is 11.5. The van der Waals surface area contributed by atoms with Crippen LogP contribution in [-0.2, 0) is 5.41 Å². The Morgan fingerprint density at radius 1 is 1.12 bits per heavy atom. The summed E-state index contributed by atoms with van der Waals surface area (Å²) in [5, 5.41) is 3.70. The van der Waals surface area contributed by atoms with Crippen molar-refractivity contribution < 1.29 is 0 Å². The Bertz CT molecular complexity index is 409. The van der Waals surface area contributed by atoms with Gasteiger partial charge in [-0.1, -0.05) is 40.2 Å². The summed E-state index contributed by atoms with van der Waals surface area (Å²) in [7, 11) is 0. The number of nitrogens with one attached hydrogen (secondary N) is 1. The molecule has 0 aliphatic heterocycles. The molecule has 0 unspecified atom stereocenters. The van der Waals surface area contributed by atoms with Gasteiger partial charge in [-0.15, -0.1) is 0 Å². The van der Waals surface area contributed by atoms with Crippen molar-refractivity contribution in [3.8, 4) is 0 Å². The maximum atomic E-state index is 3.70. The first-order valence-corrected chi connectivity index (χ1v) is 7.22. The average molecular weight is 292 g/mol. The lowest BCUT2D eigenvalue weighted by molar-refractivity contribution is 0.417. The van der Waals surface area contributed by atoms with E-state index in [4.69, 9.17) is 0 Å². The van der Waals surface area contributed by atoms with Crippen LogP contribution in [0.25, 0.3) is 0 Å². The Balaban J connectivity index is 1.79. The summed E-state index contributed by atoms with van der Waals surface area (Å²) in [5.74, 6) is 0. The van der Waals surface area contributed by atoms with Gasteiger partial charge in [0.15, 0.2) is 0 Å². The van der Waals surface area contributed by atoms with Crippen LogP contribution < -0.4 is 5.32 Å². The van der Waals surface area contributed by atoms with Crippen LogP contribution in [-0.4, -0.2) is 12.6 Å². The van der Waals surface area contributed by atoms with E-state index in [1.54, 1.807) is 0 Å². The van der Waals surface area contributed by atoms with E-state index in [0.29, 0.717) is 5.41 Å². The Morgan fingerprint density at radius 3 is 2.35 bits per heavy atom. The fraction of sp³-hybridized carbons (Fsp3) is 0.467. The predicted molar refractivity (Wildman–Crippen MR) is 75.2 cm³/mol. The second-order valence-electron chi connectivity index (χ2n) is 5.32. The quantitative estimate of drug-likeness (QED) is 0.833. The van der Waals surface area contributed by atoms with Gasteiger partial charge in [-0.3, -0.25) is 0 Å². The van der Waals surface area contributed by atoms with E-state index in [1.165, 1.54) is 31.2 Å². The Labute approximate surface area is 111 Å². The molecule has 0 heterocycles. The molecule has 1 nitrogen and oxygen atoms in total. The molecule has 17 heavy (non-hydrogen) atoms. The van der Waals surface area contributed by atoms with E-state index in [0.717, 1.165) is 17.1 Å². The third-order valence-electron chi connectivity index (χ3n) is 3.95. The van der Waals surface area contributed by atoms with Gasteiger partial charge in [0.1, 0.15) is 0 Å². The van der Waals surface area contributed by atoms with Crippen LogP contribution in [0, 0.1) is 0 Å². The fourth-order valence-electron chi connectivity index (χ4n) is 2.61. The smallest absolute Gasteiger partial charge is 0.0175 e. The van der Waals surface area contributed by atoms with Gasteiger partial charge in [0, 0.05) is 22.5 Å². The SMILES string of the molecule is Brc1ccc(C2(CNC3CC3)CC=CC2)cc1. The summed E-state index contributed by atoms with van der Waals surface area (Å²) >= 11 is 3.51. The molecule has 1 aromatic carbocycles. The van der Waals surface area contributed by atoms with Crippen molar-refractivity contribution in [3.05, 3.63) is 46.5 Å². The van der Waals surface area contributed by atoms with Crippen molar-refractivity contribution in [3.63, 3.8) is 0 Å². The molecule has 90 valence electrons. The van der Waals surface area contributed by atoms with E-state index in [9.17, 15) is 0 Å². The molecule has 2 heteroatoms. The van der Waals surface area contributed by atoms with Crippen LogP contribution in [0.1, 0.15) is 31.2 Å². The standard InChI is InChI=1S/C15H18BrN/c16-13-5-3-12(4-6-13)15(9-1-2-10-15)11-17-14-7-8-14/h1-6,14,17H,7-11H2. The maximum absolute atomic E-state index is 3.70. The molecule has 0 bridgehead atoms. The zero-order valence-electron chi connectivity index (χ0n) is 9.95. The Morgan fingerprint density at radius 2 is 1.76 bits per heavy atom. The molecule has 2 aliphatic rings. The number of allylic oxidation sites excluding steroid dienone is 2. The van der Waals surface area contributed by atoms with Crippen molar-refractivity contribution in [2.75, 3.05) is 6.54 Å². The van der Waals surface area contributed by atoms with Crippen molar-refractivity contribution >= 4 is 15.9 Å². The van der Waals surface area contributed by atoms with Gasteiger partial charge in [0.2, 0.25) is 0 Å². The van der Waals surface area contributed by atoms with Gasteiger partial charge >= 0.3 is 0 Å². The molecule has 1 N–H and O–H groups in total. The summed E-state index contributed by atoms with van der Waals surface area (Å²) in [6.07, 6.45) is 9.74. The molecule has 1 saturated carbocycles. The van der Waals surface area contributed by atoms with Crippen LogP contribution in [0.4, 0.5) is 0 Å². The van der Waals surface area contributed by atoms with E-state index in [-0.39, 0.29) is 0 Å². The molecule has 0 radical (unpaired) electrons. The Hall–Kier alpha value is -0.600. The Kier molecular flexibility index (Phi) is 3.10. The minimum absolute atomic E-state index is 0.309.